The van der Waals surface area contributed by atoms with Gasteiger partial charge in [-0.1, -0.05) is 29.0 Å². The van der Waals surface area contributed by atoms with Crippen LogP contribution in [0.1, 0.15) is 27.9 Å². The van der Waals surface area contributed by atoms with E-state index in [4.69, 9.17) is 0 Å². The molecule has 1 aromatic heterocycles. The van der Waals surface area contributed by atoms with Crippen LogP contribution in [0.5, 0.6) is 0 Å². The van der Waals surface area contributed by atoms with Gasteiger partial charge in [0.15, 0.2) is 10.9 Å². The van der Waals surface area contributed by atoms with Gasteiger partial charge in [0.2, 0.25) is 5.91 Å². The minimum absolute atomic E-state index is 0.0386. The molecule has 1 heterocycles. The van der Waals surface area contributed by atoms with Crippen molar-refractivity contribution >= 4 is 33.8 Å². The Morgan fingerprint density at radius 2 is 1.86 bits per heavy atom. The number of ketones is 1. The van der Waals surface area contributed by atoms with E-state index in [0.717, 1.165) is 5.69 Å². The molecule has 1 aromatic carbocycles. The number of Topliss-reactive ketones (excluding diaryl/α,β-unsaturated/α-hetero) is 1. The first-order valence-corrected chi connectivity index (χ1v) is 7.36. The molecule has 0 aliphatic heterocycles. The third-order valence-electron chi connectivity index (χ3n) is 2.87. The monoisotopic (exact) mass is 303 g/mol. The molecular formula is C15H17N3O2S. The summed E-state index contributed by atoms with van der Waals surface area (Å²) in [6.45, 7) is 5.41. The van der Waals surface area contributed by atoms with Crippen molar-refractivity contribution in [2.24, 2.45) is 0 Å². The number of hydrogen-bond acceptors (Lipinski definition) is 5. The second-order valence-corrected chi connectivity index (χ2v) is 5.76. The van der Waals surface area contributed by atoms with E-state index < -0.39 is 0 Å². The number of benzene rings is 1. The lowest BCUT2D eigenvalue weighted by atomic mass is 10.2. The number of aryl methyl sites for hydroxylation is 2. The first-order valence-electron chi connectivity index (χ1n) is 6.54. The zero-order valence-corrected chi connectivity index (χ0v) is 13.0. The van der Waals surface area contributed by atoms with Gasteiger partial charge in [0.1, 0.15) is 0 Å². The van der Waals surface area contributed by atoms with Gasteiger partial charge in [-0.15, -0.1) is 0 Å². The second kappa shape index (κ2) is 6.49. The molecule has 0 spiro atoms. The van der Waals surface area contributed by atoms with E-state index in [2.05, 4.69) is 15.6 Å². The van der Waals surface area contributed by atoms with Gasteiger partial charge in [-0.3, -0.25) is 9.59 Å². The molecule has 0 bridgehead atoms. The van der Waals surface area contributed by atoms with E-state index in [0.29, 0.717) is 15.7 Å². The van der Waals surface area contributed by atoms with Gasteiger partial charge in [-0.2, -0.15) is 0 Å². The highest BCUT2D eigenvalue weighted by Gasteiger charge is 2.13. The summed E-state index contributed by atoms with van der Waals surface area (Å²) in [5.41, 5.74) is 2.70. The Kier molecular flexibility index (Phi) is 4.70. The second-order valence-electron chi connectivity index (χ2n) is 4.76. The number of aromatic nitrogens is 1. The van der Waals surface area contributed by atoms with Crippen molar-refractivity contribution in [1.82, 2.24) is 4.98 Å². The van der Waals surface area contributed by atoms with Crippen molar-refractivity contribution in [2.75, 3.05) is 17.2 Å². The average Bonchev–Trinajstić information content (AvgIpc) is 2.79. The number of rotatable bonds is 5. The maximum absolute atomic E-state index is 11.9. The number of carbonyl (C=O) groups excluding carboxylic acids is 2. The van der Waals surface area contributed by atoms with Crippen molar-refractivity contribution < 1.29 is 9.59 Å². The fraction of sp³-hybridized carbons (Fsp3) is 0.267. The fourth-order valence-corrected chi connectivity index (χ4v) is 2.67. The van der Waals surface area contributed by atoms with Crippen molar-refractivity contribution in [3.05, 3.63) is 40.4 Å². The Labute approximate surface area is 127 Å². The van der Waals surface area contributed by atoms with Gasteiger partial charge < -0.3 is 10.6 Å². The molecule has 2 N–H and O–H groups in total. The third-order valence-corrected chi connectivity index (χ3v) is 4.04. The smallest absolute Gasteiger partial charge is 0.245 e. The molecule has 0 aliphatic rings. The molecule has 21 heavy (non-hydrogen) atoms. The summed E-state index contributed by atoms with van der Waals surface area (Å²) in [6, 6.07) is 7.79. The summed E-state index contributed by atoms with van der Waals surface area (Å²) in [7, 11) is 0. The summed E-state index contributed by atoms with van der Waals surface area (Å²) >= 11 is 1.20. The predicted molar refractivity (Wildman–Crippen MR) is 85.2 cm³/mol. The molecular weight excluding hydrogens is 286 g/mol. The molecule has 110 valence electrons. The Morgan fingerprint density at radius 3 is 2.43 bits per heavy atom. The summed E-state index contributed by atoms with van der Waals surface area (Å²) in [6.07, 6.45) is 0. The minimum atomic E-state index is -0.195. The van der Waals surface area contributed by atoms with E-state index in [1.807, 2.05) is 31.2 Å². The Hall–Kier alpha value is -2.21. The van der Waals surface area contributed by atoms with E-state index in [1.165, 1.54) is 23.8 Å². The van der Waals surface area contributed by atoms with E-state index in [1.54, 1.807) is 6.92 Å². The Bertz CT molecular complexity index is 662. The van der Waals surface area contributed by atoms with Crippen LogP contribution in [0.3, 0.4) is 0 Å². The first-order chi connectivity index (χ1) is 9.95. The first kappa shape index (κ1) is 15.2. The minimum Gasteiger partial charge on any atom is -0.376 e. The SMILES string of the molecule is CC(=O)c1sc(NC(=O)CNc2ccc(C)cc2)nc1C. The average molecular weight is 303 g/mol. The normalized spacial score (nSPS) is 10.2. The summed E-state index contributed by atoms with van der Waals surface area (Å²) < 4.78 is 0. The zero-order chi connectivity index (χ0) is 15.4. The number of anilines is 2. The van der Waals surface area contributed by atoms with Gasteiger partial charge >= 0.3 is 0 Å². The number of hydrogen-bond donors (Lipinski definition) is 2. The van der Waals surface area contributed by atoms with Crippen molar-refractivity contribution in [3.63, 3.8) is 0 Å². The predicted octanol–water partition coefficient (Wildman–Crippen LogP) is 3.01. The molecule has 2 rings (SSSR count). The number of carbonyl (C=O) groups is 2. The molecule has 1 amide bonds. The lowest BCUT2D eigenvalue weighted by molar-refractivity contribution is -0.114. The quantitative estimate of drug-likeness (QED) is 0.833. The van der Waals surface area contributed by atoms with E-state index in [9.17, 15) is 9.59 Å². The van der Waals surface area contributed by atoms with Crippen LogP contribution in [0.25, 0.3) is 0 Å². The van der Waals surface area contributed by atoms with Crippen LogP contribution in [0.2, 0.25) is 0 Å². The van der Waals surface area contributed by atoms with Gasteiger partial charge in [0.05, 0.1) is 17.1 Å². The Morgan fingerprint density at radius 1 is 1.19 bits per heavy atom. The van der Waals surface area contributed by atoms with Gasteiger partial charge in [0.25, 0.3) is 0 Å². The molecule has 2 aromatic rings. The summed E-state index contributed by atoms with van der Waals surface area (Å²) in [5.74, 6) is -0.234. The maximum atomic E-state index is 11.9. The van der Waals surface area contributed by atoms with E-state index >= 15 is 0 Å². The van der Waals surface area contributed by atoms with Crippen LogP contribution < -0.4 is 10.6 Å². The van der Waals surface area contributed by atoms with Crippen LogP contribution in [0, 0.1) is 13.8 Å². The molecule has 0 unspecified atom stereocenters. The van der Waals surface area contributed by atoms with Crippen LogP contribution in [-0.2, 0) is 4.79 Å². The van der Waals surface area contributed by atoms with Crippen molar-refractivity contribution in [1.29, 1.82) is 0 Å². The van der Waals surface area contributed by atoms with Gasteiger partial charge in [0, 0.05) is 12.6 Å². The highest BCUT2D eigenvalue weighted by Crippen LogP contribution is 2.22. The maximum Gasteiger partial charge on any atom is 0.245 e. The highest BCUT2D eigenvalue weighted by molar-refractivity contribution is 7.17. The molecule has 0 fully saturated rings. The van der Waals surface area contributed by atoms with Crippen molar-refractivity contribution in [3.8, 4) is 0 Å². The number of thiazole rings is 1. The lowest BCUT2D eigenvalue weighted by Crippen LogP contribution is -2.21. The Balaban J connectivity index is 1.91. The standard InChI is InChI=1S/C15H17N3O2S/c1-9-4-6-12(7-5-9)16-8-13(20)18-15-17-10(2)14(21-15)11(3)19/h4-7,16H,8H2,1-3H3,(H,17,18,20). The van der Waals surface area contributed by atoms with Crippen molar-refractivity contribution in [2.45, 2.75) is 20.8 Å². The lowest BCUT2D eigenvalue weighted by Gasteiger charge is -2.06. The summed E-state index contributed by atoms with van der Waals surface area (Å²) in [4.78, 5) is 28.0. The molecule has 6 heteroatoms. The van der Waals surface area contributed by atoms with Gasteiger partial charge in [-0.05, 0) is 26.0 Å². The highest BCUT2D eigenvalue weighted by atomic mass is 32.1. The third kappa shape index (κ3) is 4.13. The molecule has 0 saturated carbocycles. The zero-order valence-electron chi connectivity index (χ0n) is 12.2. The number of amides is 1. The van der Waals surface area contributed by atoms with Crippen LogP contribution in [-0.4, -0.2) is 23.2 Å². The molecule has 5 nitrogen and oxygen atoms in total. The van der Waals surface area contributed by atoms with E-state index in [-0.39, 0.29) is 18.2 Å². The van der Waals surface area contributed by atoms with Crippen LogP contribution in [0.4, 0.5) is 10.8 Å². The fourth-order valence-electron chi connectivity index (χ4n) is 1.79. The van der Waals surface area contributed by atoms with Crippen LogP contribution in [0.15, 0.2) is 24.3 Å². The van der Waals surface area contributed by atoms with Crippen LogP contribution >= 0.6 is 11.3 Å². The van der Waals surface area contributed by atoms with Gasteiger partial charge in [-0.25, -0.2) is 4.98 Å². The topological polar surface area (TPSA) is 71.1 Å². The number of nitrogens with one attached hydrogen (secondary N) is 2. The number of nitrogens with zero attached hydrogens (tertiary/aromatic N) is 1. The summed E-state index contributed by atoms with van der Waals surface area (Å²) in [5, 5.41) is 6.18. The molecule has 0 aliphatic carbocycles. The molecule has 0 radical (unpaired) electrons. The molecule has 0 atom stereocenters. The molecule has 0 saturated heterocycles. The largest absolute Gasteiger partial charge is 0.376 e.